The van der Waals surface area contributed by atoms with Crippen LogP contribution in [0, 0.1) is 0 Å². The van der Waals surface area contributed by atoms with Crippen molar-refractivity contribution in [1.29, 1.82) is 0 Å². The zero-order valence-corrected chi connectivity index (χ0v) is 12.4. The van der Waals surface area contributed by atoms with Crippen LogP contribution in [0.5, 0.6) is 5.75 Å². The Hall–Kier alpha value is -1.59. The number of hydrogen-bond donors (Lipinski definition) is 2. The molecular formula is C15H24N2O3. The van der Waals surface area contributed by atoms with E-state index in [0.717, 1.165) is 6.42 Å². The first-order chi connectivity index (χ1) is 9.48. The number of hydrogen-bond acceptors (Lipinski definition) is 4. The van der Waals surface area contributed by atoms with E-state index in [9.17, 15) is 4.79 Å². The molecule has 0 aliphatic heterocycles. The van der Waals surface area contributed by atoms with Crippen molar-refractivity contribution in [3.63, 3.8) is 0 Å². The highest BCUT2D eigenvalue weighted by Crippen LogP contribution is 2.14. The van der Waals surface area contributed by atoms with Crippen molar-refractivity contribution in [2.45, 2.75) is 25.8 Å². The average Bonchev–Trinajstić information content (AvgIpc) is 2.43. The van der Waals surface area contributed by atoms with Gasteiger partial charge in [0.25, 0.3) is 5.91 Å². The van der Waals surface area contributed by atoms with Gasteiger partial charge < -0.3 is 20.5 Å². The first-order valence-electron chi connectivity index (χ1n) is 6.73. The predicted molar refractivity (Wildman–Crippen MR) is 79.0 cm³/mol. The standard InChI is InChI=1S/C15H24N2O3/c1-15(2,11-16)17-14(18)12-6-4-7-13(10-12)20-9-5-8-19-3/h4,6-7,10H,5,8-9,11,16H2,1-3H3,(H,17,18). The molecule has 0 atom stereocenters. The van der Waals surface area contributed by atoms with Gasteiger partial charge in [-0.2, -0.15) is 0 Å². The number of nitrogens with two attached hydrogens (primary N) is 1. The fourth-order valence-corrected chi connectivity index (χ4v) is 1.55. The Bertz CT molecular complexity index is 433. The van der Waals surface area contributed by atoms with E-state index < -0.39 is 5.54 Å². The first kappa shape index (κ1) is 16.5. The fraction of sp³-hybridized carbons (Fsp3) is 0.533. The third kappa shape index (κ3) is 5.59. The summed E-state index contributed by atoms with van der Waals surface area (Å²) in [6.45, 7) is 5.37. The van der Waals surface area contributed by atoms with E-state index in [0.29, 0.717) is 31.1 Å². The van der Waals surface area contributed by atoms with Crippen molar-refractivity contribution in [1.82, 2.24) is 5.32 Å². The summed E-state index contributed by atoms with van der Waals surface area (Å²) in [6.07, 6.45) is 0.813. The molecule has 5 heteroatoms. The molecule has 1 rings (SSSR count). The number of benzene rings is 1. The van der Waals surface area contributed by atoms with Gasteiger partial charge in [-0.05, 0) is 32.0 Å². The average molecular weight is 280 g/mol. The second kappa shape index (κ2) is 7.87. The minimum Gasteiger partial charge on any atom is -0.493 e. The summed E-state index contributed by atoms with van der Waals surface area (Å²) in [5, 5.41) is 2.89. The summed E-state index contributed by atoms with van der Waals surface area (Å²) in [6, 6.07) is 7.12. The van der Waals surface area contributed by atoms with Gasteiger partial charge in [0.2, 0.25) is 0 Å². The van der Waals surface area contributed by atoms with Crippen LogP contribution in [0.4, 0.5) is 0 Å². The van der Waals surface area contributed by atoms with Crippen molar-refractivity contribution >= 4 is 5.91 Å². The SMILES string of the molecule is COCCCOc1cccc(C(=O)NC(C)(C)CN)c1. The van der Waals surface area contributed by atoms with Gasteiger partial charge in [0.05, 0.1) is 6.61 Å². The molecule has 0 heterocycles. The van der Waals surface area contributed by atoms with Crippen molar-refractivity contribution < 1.29 is 14.3 Å². The van der Waals surface area contributed by atoms with Gasteiger partial charge >= 0.3 is 0 Å². The van der Waals surface area contributed by atoms with Crippen LogP contribution in [-0.2, 0) is 4.74 Å². The topological polar surface area (TPSA) is 73.6 Å². The molecule has 0 unspecified atom stereocenters. The molecule has 1 aromatic carbocycles. The molecule has 1 amide bonds. The molecule has 0 radical (unpaired) electrons. The summed E-state index contributed by atoms with van der Waals surface area (Å²) in [5.74, 6) is 0.530. The molecule has 0 fully saturated rings. The third-order valence-corrected chi connectivity index (χ3v) is 2.82. The van der Waals surface area contributed by atoms with Crippen molar-refractivity contribution in [2.24, 2.45) is 5.73 Å². The molecule has 0 saturated carbocycles. The van der Waals surface area contributed by atoms with Crippen LogP contribution in [0.3, 0.4) is 0 Å². The lowest BCUT2D eigenvalue weighted by Crippen LogP contribution is -2.48. The smallest absolute Gasteiger partial charge is 0.251 e. The number of amides is 1. The van der Waals surface area contributed by atoms with E-state index >= 15 is 0 Å². The molecule has 20 heavy (non-hydrogen) atoms. The Morgan fingerprint density at radius 1 is 1.35 bits per heavy atom. The minimum absolute atomic E-state index is 0.150. The largest absolute Gasteiger partial charge is 0.493 e. The van der Waals surface area contributed by atoms with Crippen molar-refractivity contribution in [3.8, 4) is 5.75 Å². The molecule has 0 bridgehead atoms. The third-order valence-electron chi connectivity index (χ3n) is 2.82. The van der Waals surface area contributed by atoms with E-state index in [1.54, 1.807) is 25.3 Å². The van der Waals surface area contributed by atoms with Crippen LogP contribution in [0.25, 0.3) is 0 Å². The molecule has 0 spiro atoms. The lowest BCUT2D eigenvalue weighted by Gasteiger charge is -2.24. The summed E-state index contributed by atoms with van der Waals surface area (Å²) >= 11 is 0. The van der Waals surface area contributed by atoms with E-state index in [2.05, 4.69) is 5.32 Å². The Kier molecular flexibility index (Phi) is 6.48. The van der Waals surface area contributed by atoms with Gasteiger partial charge in [-0.15, -0.1) is 0 Å². The maximum absolute atomic E-state index is 12.1. The lowest BCUT2D eigenvalue weighted by molar-refractivity contribution is 0.0915. The Morgan fingerprint density at radius 3 is 2.75 bits per heavy atom. The van der Waals surface area contributed by atoms with Gasteiger partial charge in [-0.25, -0.2) is 0 Å². The highest BCUT2D eigenvalue weighted by Gasteiger charge is 2.19. The molecule has 0 aliphatic carbocycles. The molecule has 0 aromatic heterocycles. The second-order valence-electron chi connectivity index (χ2n) is 5.26. The Labute approximate surface area is 120 Å². The zero-order valence-electron chi connectivity index (χ0n) is 12.4. The van der Waals surface area contributed by atoms with Gasteiger partial charge in [0.15, 0.2) is 0 Å². The maximum Gasteiger partial charge on any atom is 0.251 e. The maximum atomic E-state index is 12.1. The van der Waals surface area contributed by atoms with Crippen molar-refractivity contribution in [3.05, 3.63) is 29.8 Å². The van der Waals surface area contributed by atoms with Crippen LogP contribution in [0.15, 0.2) is 24.3 Å². The molecule has 0 aliphatic rings. The molecule has 112 valence electrons. The molecule has 3 N–H and O–H groups in total. The van der Waals surface area contributed by atoms with Gasteiger partial charge in [-0.3, -0.25) is 4.79 Å². The van der Waals surface area contributed by atoms with E-state index in [4.69, 9.17) is 15.2 Å². The van der Waals surface area contributed by atoms with Crippen LogP contribution >= 0.6 is 0 Å². The number of nitrogens with one attached hydrogen (secondary N) is 1. The summed E-state index contributed by atoms with van der Waals surface area (Å²) < 4.78 is 10.5. The number of ether oxygens (including phenoxy) is 2. The van der Waals surface area contributed by atoms with Crippen LogP contribution in [-0.4, -0.2) is 38.3 Å². The number of carbonyl (C=O) groups is 1. The monoisotopic (exact) mass is 280 g/mol. The van der Waals surface area contributed by atoms with Gasteiger partial charge in [0.1, 0.15) is 5.75 Å². The van der Waals surface area contributed by atoms with Crippen molar-refractivity contribution in [2.75, 3.05) is 26.9 Å². The quantitative estimate of drug-likeness (QED) is 0.709. The second-order valence-corrected chi connectivity index (χ2v) is 5.26. The minimum atomic E-state index is -0.424. The normalized spacial score (nSPS) is 11.2. The number of methoxy groups -OCH3 is 1. The van der Waals surface area contributed by atoms with Crippen LogP contribution in [0.2, 0.25) is 0 Å². The Morgan fingerprint density at radius 2 is 2.10 bits per heavy atom. The highest BCUT2D eigenvalue weighted by atomic mass is 16.5. The molecular weight excluding hydrogens is 256 g/mol. The summed E-state index contributed by atoms with van der Waals surface area (Å²) in [5.41, 5.74) is 5.75. The fourth-order valence-electron chi connectivity index (χ4n) is 1.55. The highest BCUT2D eigenvalue weighted by molar-refractivity contribution is 5.95. The molecule has 5 nitrogen and oxygen atoms in total. The Balaban J connectivity index is 2.60. The van der Waals surface area contributed by atoms with Gasteiger partial charge in [0, 0.05) is 37.8 Å². The van der Waals surface area contributed by atoms with Crippen LogP contribution in [0.1, 0.15) is 30.6 Å². The molecule has 0 saturated heterocycles. The predicted octanol–water partition coefficient (Wildman–Crippen LogP) is 1.57. The summed E-state index contributed by atoms with van der Waals surface area (Å²) in [4.78, 5) is 12.1. The first-order valence-corrected chi connectivity index (χ1v) is 6.73. The van der Waals surface area contributed by atoms with E-state index in [1.807, 2.05) is 19.9 Å². The molecule has 1 aromatic rings. The lowest BCUT2D eigenvalue weighted by atomic mass is 10.1. The summed E-state index contributed by atoms with van der Waals surface area (Å²) in [7, 11) is 1.66. The van der Waals surface area contributed by atoms with Crippen LogP contribution < -0.4 is 15.8 Å². The van der Waals surface area contributed by atoms with E-state index in [1.165, 1.54) is 0 Å². The zero-order chi connectivity index (χ0) is 15.0. The number of carbonyl (C=O) groups excluding carboxylic acids is 1. The van der Waals surface area contributed by atoms with E-state index in [-0.39, 0.29) is 5.91 Å². The number of rotatable bonds is 8. The van der Waals surface area contributed by atoms with Gasteiger partial charge in [-0.1, -0.05) is 6.07 Å².